The van der Waals surface area contributed by atoms with E-state index in [0.717, 1.165) is 18.2 Å². The number of hydrogen-bond donors (Lipinski definition) is 0. The quantitative estimate of drug-likeness (QED) is 0.776. The van der Waals surface area contributed by atoms with Gasteiger partial charge in [-0.3, -0.25) is 0 Å². The summed E-state index contributed by atoms with van der Waals surface area (Å²) in [6.07, 6.45) is 0. The summed E-state index contributed by atoms with van der Waals surface area (Å²) in [5.74, 6) is -2.07. The topological polar surface area (TPSA) is 26.3 Å². The molecular formula is C14H9ClF2O2. The van der Waals surface area contributed by atoms with Gasteiger partial charge in [0.2, 0.25) is 0 Å². The first kappa shape index (κ1) is 13.5. The van der Waals surface area contributed by atoms with Crippen LogP contribution in [0, 0.1) is 11.6 Å². The summed E-state index contributed by atoms with van der Waals surface area (Å²) in [5.41, 5.74) is 0.754. The number of methoxy groups -OCH3 is 1. The van der Waals surface area contributed by atoms with Gasteiger partial charge in [0.05, 0.1) is 12.7 Å². The molecule has 0 aliphatic carbocycles. The highest BCUT2D eigenvalue weighted by Crippen LogP contribution is 2.28. The van der Waals surface area contributed by atoms with E-state index in [-0.39, 0.29) is 11.1 Å². The summed E-state index contributed by atoms with van der Waals surface area (Å²) >= 11 is 5.81. The molecule has 0 bridgehead atoms. The second kappa shape index (κ2) is 5.36. The summed E-state index contributed by atoms with van der Waals surface area (Å²) in [6.45, 7) is 0. The molecule has 2 aromatic carbocycles. The number of rotatable bonds is 2. The molecule has 0 spiro atoms. The Hall–Kier alpha value is -1.94. The first-order chi connectivity index (χ1) is 9.01. The fraction of sp³-hybridized carbons (Fsp3) is 0.0714. The molecule has 0 heterocycles. The maximum atomic E-state index is 13.2. The second-order valence-corrected chi connectivity index (χ2v) is 4.28. The molecule has 2 rings (SSSR count). The highest BCUT2D eigenvalue weighted by atomic mass is 35.5. The molecule has 0 unspecified atom stereocenters. The van der Waals surface area contributed by atoms with Crippen LogP contribution in [-0.2, 0) is 4.74 Å². The van der Waals surface area contributed by atoms with Gasteiger partial charge in [0, 0.05) is 11.1 Å². The molecule has 0 amide bonds. The fourth-order valence-electron chi connectivity index (χ4n) is 1.76. The van der Waals surface area contributed by atoms with Crippen molar-refractivity contribution in [3.8, 4) is 11.1 Å². The van der Waals surface area contributed by atoms with Crippen molar-refractivity contribution in [3.05, 3.63) is 58.6 Å². The average Bonchev–Trinajstić information content (AvgIpc) is 2.36. The van der Waals surface area contributed by atoms with Crippen molar-refractivity contribution in [1.29, 1.82) is 0 Å². The summed E-state index contributed by atoms with van der Waals surface area (Å²) in [7, 11) is 1.22. The van der Waals surface area contributed by atoms with Gasteiger partial charge in [-0.2, -0.15) is 0 Å². The summed E-state index contributed by atoms with van der Waals surface area (Å²) in [4.78, 5) is 11.7. The molecule has 0 aliphatic heterocycles. The zero-order chi connectivity index (χ0) is 14.0. The Morgan fingerprint density at radius 2 is 1.74 bits per heavy atom. The van der Waals surface area contributed by atoms with E-state index in [1.165, 1.54) is 25.3 Å². The van der Waals surface area contributed by atoms with Gasteiger partial charge in [-0.05, 0) is 35.4 Å². The zero-order valence-electron chi connectivity index (χ0n) is 9.91. The molecule has 0 aliphatic rings. The lowest BCUT2D eigenvalue weighted by Crippen LogP contribution is -2.03. The molecule has 0 aromatic heterocycles. The average molecular weight is 283 g/mol. The third-order valence-electron chi connectivity index (χ3n) is 2.56. The normalized spacial score (nSPS) is 10.3. The zero-order valence-corrected chi connectivity index (χ0v) is 10.7. The van der Waals surface area contributed by atoms with Crippen molar-refractivity contribution in [2.45, 2.75) is 0 Å². The highest BCUT2D eigenvalue weighted by molar-refractivity contribution is 6.31. The van der Waals surface area contributed by atoms with Crippen LogP contribution in [0.3, 0.4) is 0 Å². The molecule has 0 atom stereocenters. The molecule has 0 saturated heterocycles. The standard InChI is InChI=1S/C14H9ClF2O2/c1-19-14(18)13-6-9(15)2-3-12(13)8-4-10(16)7-11(17)5-8/h2-7H,1H3. The molecular weight excluding hydrogens is 274 g/mol. The van der Waals surface area contributed by atoms with Crippen molar-refractivity contribution >= 4 is 17.6 Å². The Morgan fingerprint density at radius 1 is 1.11 bits per heavy atom. The fourth-order valence-corrected chi connectivity index (χ4v) is 1.93. The third kappa shape index (κ3) is 2.90. The van der Waals surface area contributed by atoms with Gasteiger partial charge in [-0.15, -0.1) is 0 Å². The van der Waals surface area contributed by atoms with Gasteiger partial charge < -0.3 is 4.74 Å². The van der Waals surface area contributed by atoms with Crippen LogP contribution in [0.1, 0.15) is 10.4 Å². The molecule has 2 aromatic rings. The molecule has 98 valence electrons. The van der Waals surface area contributed by atoms with E-state index >= 15 is 0 Å². The predicted molar refractivity (Wildman–Crippen MR) is 68.1 cm³/mol. The molecule has 0 radical (unpaired) electrons. The molecule has 5 heteroatoms. The van der Waals surface area contributed by atoms with Gasteiger partial charge in [-0.25, -0.2) is 13.6 Å². The van der Waals surface area contributed by atoms with E-state index < -0.39 is 17.6 Å². The van der Waals surface area contributed by atoms with E-state index in [4.69, 9.17) is 11.6 Å². The van der Waals surface area contributed by atoms with Crippen LogP contribution in [0.25, 0.3) is 11.1 Å². The van der Waals surface area contributed by atoms with Crippen LogP contribution in [-0.4, -0.2) is 13.1 Å². The van der Waals surface area contributed by atoms with Crippen LogP contribution in [0.4, 0.5) is 8.78 Å². The van der Waals surface area contributed by atoms with Crippen molar-refractivity contribution in [2.75, 3.05) is 7.11 Å². The lowest BCUT2D eigenvalue weighted by Gasteiger charge is -2.09. The number of carbonyl (C=O) groups is 1. The maximum absolute atomic E-state index is 13.2. The van der Waals surface area contributed by atoms with Crippen LogP contribution in [0.2, 0.25) is 5.02 Å². The Bertz CT molecular complexity index is 621. The van der Waals surface area contributed by atoms with Crippen molar-refractivity contribution in [3.63, 3.8) is 0 Å². The van der Waals surface area contributed by atoms with E-state index in [9.17, 15) is 13.6 Å². The summed E-state index contributed by atoms with van der Waals surface area (Å²) < 4.78 is 31.1. The van der Waals surface area contributed by atoms with Gasteiger partial charge >= 0.3 is 5.97 Å². The van der Waals surface area contributed by atoms with Gasteiger partial charge in [0.25, 0.3) is 0 Å². The van der Waals surface area contributed by atoms with Gasteiger partial charge in [-0.1, -0.05) is 17.7 Å². The number of carbonyl (C=O) groups excluding carboxylic acids is 1. The molecule has 19 heavy (non-hydrogen) atoms. The van der Waals surface area contributed by atoms with E-state index in [1.54, 1.807) is 0 Å². The lowest BCUT2D eigenvalue weighted by atomic mass is 9.99. The largest absolute Gasteiger partial charge is 0.465 e. The van der Waals surface area contributed by atoms with Crippen molar-refractivity contribution in [2.24, 2.45) is 0 Å². The van der Waals surface area contributed by atoms with Crippen LogP contribution >= 0.6 is 11.6 Å². The van der Waals surface area contributed by atoms with Crippen LogP contribution in [0.5, 0.6) is 0 Å². The first-order valence-corrected chi connectivity index (χ1v) is 5.73. The van der Waals surface area contributed by atoms with E-state index in [0.29, 0.717) is 10.6 Å². The number of ether oxygens (including phenoxy) is 1. The number of hydrogen-bond acceptors (Lipinski definition) is 2. The van der Waals surface area contributed by atoms with Crippen LogP contribution in [0.15, 0.2) is 36.4 Å². The van der Waals surface area contributed by atoms with E-state index in [1.807, 2.05) is 0 Å². The Kier molecular flexibility index (Phi) is 3.81. The van der Waals surface area contributed by atoms with Gasteiger partial charge in [0.1, 0.15) is 11.6 Å². The molecule has 0 fully saturated rings. The minimum absolute atomic E-state index is 0.153. The number of esters is 1. The monoisotopic (exact) mass is 282 g/mol. The van der Waals surface area contributed by atoms with Crippen LogP contribution < -0.4 is 0 Å². The maximum Gasteiger partial charge on any atom is 0.338 e. The smallest absolute Gasteiger partial charge is 0.338 e. The second-order valence-electron chi connectivity index (χ2n) is 3.84. The Morgan fingerprint density at radius 3 is 2.32 bits per heavy atom. The summed E-state index contributed by atoms with van der Waals surface area (Å²) in [6, 6.07) is 7.48. The molecule has 0 N–H and O–H groups in total. The first-order valence-electron chi connectivity index (χ1n) is 5.35. The minimum Gasteiger partial charge on any atom is -0.465 e. The highest BCUT2D eigenvalue weighted by Gasteiger charge is 2.15. The van der Waals surface area contributed by atoms with Crippen molar-refractivity contribution in [1.82, 2.24) is 0 Å². The molecule has 2 nitrogen and oxygen atoms in total. The van der Waals surface area contributed by atoms with Gasteiger partial charge in [0.15, 0.2) is 0 Å². The third-order valence-corrected chi connectivity index (χ3v) is 2.80. The van der Waals surface area contributed by atoms with E-state index in [2.05, 4.69) is 4.74 Å². The lowest BCUT2D eigenvalue weighted by molar-refractivity contribution is 0.0601. The number of benzene rings is 2. The predicted octanol–water partition coefficient (Wildman–Crippen LogP) is 4.07. The minimum atomic E-state index is -0.722. The SMILES string of the molecule is COC(=O)c1cc(Cl)ccc1-c1cc(F)cc(F)c1. The summed E-state index contributed by atoms with van der Waals surface area (Å²) in [5, 5.41) is 0.334. The Labute approximate surface area is 113 Å². The Balaban J connectivity index is 2.64. The molecule has 0 saturated carbocycles. The number of halogens is 3. The van der Waals surface area contributed by atoms with Crippen molar-refractivity contribution < 1.29 is 18.3 Å².